The average molecular weight is 438 g/mol. The van der Waals surface area contributed by atoms with E-state index in [1.54, 1.807) is 31.8 Å². The number of hydrogen-bond donors (Lipinski definition) is 1. The molecule has 1 atom stereocenters. The highest BCUT2D eigenvalue weighted by molar-refractivity contribution is 7.09. The summed E-state index contributed by atoms with van der Waals surface area (Å²) in [5, 5.41) is 6.01. The molecule has 3 aromatic rings. The maximum atomic E-state index is 13.1. The third-order valence-corrected chi connectivity index (χ3v) is 6.25. The third kappa shape index (κ3) is 5.42. The second-order valence-corrected chi connectivity index (χ2v) is 8.52. The Morgan fingerprint density at radius 3 is 2.65 bits per heavy atom. The first kappa shape index (κ1) is 21.3. The van der Waals surface area contributed by atoms with Gasteiger partial charge in [-0.2, -0.15) is 0 Å². The van der Waals surface area contributed by atoms with Gasteiger partial charge in [-0.3, -0.25) is 9.69 Å². The van der Waals surface area contributed by atoms with Crippen molar-refractivity contribution in [2.24, 2.45) is 0 Å². The van der Waals surface area contributed by atoms with Gasteiger partial charge in [0.05, 0.1) is 20.8 Å². The van der Waals surface area contributed by atoms with E-state index in [2.05, 4.69) is 15.2 Å². The van der Waals surface area contributed by atoms with Crippen molar-refractivity contribution in [3.8, 4) is 11.5 Å². The number of ether oxygens (including phenoxy) is 2. The van der Waals surface area contributed by atoms with Crippen LogP contribution in [0.15, 0.2) is 60.1 Å². The molecule has 7 heteroatoms. The maximum absolute atomic E-state index is 13.1. The van der Waals surface area contributed by atoms with Crippen molar-refractivity contribution in [3.63, 3.8) is 0 Å². The molecule has 0 saturated heterocycles. The number of hydrogen-bond acceptors (Lipinski definition) is 6. The lowest BCUT2D eigenvalue weighted by molar-refractivity contribution is -0.123. The summed E-state index contributed by atoms with van der Waals surface area (Å²) in [5.41, 5.74) is 2.04. The number of aromatic nitrogens is 1. The summed E-state index contributed by atoms with van der Waals surface area (Å²) < 4.78 is 10.9. The number of benzene rings is 2. The third-order valence-electron chi connectivity index (χ3n) is 5.41. The van der Waals surface area contributed by atoms with Crippen molar-refractivity contribution in [1.29, 1.82) is 0 Å². The van der Waals surface area contributed by atoms with E-state index in [0.29, 0.717) is 19.1 Å². The molecule has 0 spiro atoms. The molecule has 1 unspecified atom stereocenters. The minimum Gasteiger partial charge on any atom is -0.497 e. The van der Waals surface area contributed by atoms with Crippen LogP contribution in [0, 0.1) is 0 Å². The molecule has 1 N–H and O–H groups in total. The average Bonchev–Trinajstić information content (AvgIpc) is 3.51. The molecule has 0 aliphatic heterocycles. The van der Waals surface area contributed by atoms with Crippen LogP contribution >= 0.6 is 11.3 Å². The molecule has 1 fully saturated rings. The zero-order chi connectivity index (χ0) is 21.6. The molecular weight excluding hydrogens is 410 g/mol. The number of nitrogens with zero attached hydrogens (tertiary/aromatic N) is 2. The summed E-state index contributed by atoms with van der Waals surface area (Å²) >= 11 is 1.55. The Hall–Kier alpha value is -2.90. The van der Waals surface area contributed by atoms with E-state index in [4.69, 9.17) is 9.47 Å². The van der Waals surface area contributed by atoms with Crippen molar-refractivity contribution in [2.75, 3.05) is 20.8 Å². The van der Waals surface area contributed by atoms with Gasteiger partial charge in [0.25, 0.3) is 0 Å². The van der Waals surface area contributed by atoms with Crippen molar-refractivity contribution in [3.05, 3.63) is 76.2 Å². The number of carbonyl (C=O) groups excluding carboxylic acids is 1. The fraction of sp³-hybridized carbons (Fsp3) is 0.333. The highest BCUT2D eigenvalue weighted by atomic mass is 32.1. The van der Waals surface area contributed by atoms with Crippen molar-refractivity contribution in [1.82, 2.24) is 15.2 Å². The Balaban J connectivity index is 1.49. The van der Waals surface area contributed by atoms with E-state index in [0.717, 1.165) is 40.5 Å². The smallest absolute Gasteiger partial charge is 0.235 e. The van der Waals surface area contributed by atoms with Crippen LogP contribution in [0.1, 0.15) is 35.0 Å². The minimum absolute atomic E-state index is 0.0159. The van der Waals surface area contributed by atoms with Gasteiger partial charge in [0.1, 0.15) is 22.5 Å². The Kier molecular flexibility index (Phi) is 6.84. The van der Waals surface area contributed by atoms with Gasteiger partial charge in [-0.1, -0.05) is 30.3 Å². The summed E-state index contributed by atoms with van der Waals surface area (Å²) in [4.78, 5) is 19.8. The standard InChI is InChI=1S/C24H27N3O3S/c1-29-20-10-11-21(30-2)18(14-20)15-27(19-8-9-19)16-22(28)26-23(24-25-12-13-31-24)17-6-4-3-5-7-17/h3-7,10-14,19,23H,8-9,15-16H2,1-2H3,(H,26,28). The Labute approximate surface area is 186 Å². The van der Waals surface area contributed by atoms with Gasteiger partial charge in [0, 0.05) is 29.7 Å². The van der Waals surface area contributed by atoms with Crippen LogP contribution in [0.4, 0.5) is 0 Å². The van der Waals surface area contributed by atoms with Crippen LogP contribution in [-0.4, -0.2) is 42.6 Å². The first-order valence-electron chi connectivity index (χ1n) is 10.4. The summed E-state index contributed by atoms with van der Waals surface area (Å²) in [7, 11) is 3.32. The van der Waals surface area contributed by atoms with Gasteiger partial charge in [-0.15, -0.1) is 11.3 Å². The number of carbonyl (C=O) groups is 1. The van der Waals surface area contributed by atoms with Gasteiger partial charge >= 0.3 is 0 Å². The summed E-state index contributed by atoms with van der Waals surface area (Å²) in [6, 6.07) is 15.9. The van der Waals surface area contributed by atoms with Crippen LogP contribution in [0.5, 0.6) is 11.5 Å². The number of rotatable bonds is 10. The summed E-state index contributed by atoms with van der Waals surface area (Å²) in [6.45, 7) is 0.950. The van der Waals surface area contributed by atoms with Gasteiger partial charge in [0.15, 0.2) is 0 Å². The fourth-order valence-corrected chi connectivity index (χ4v) is 4.39. The summed E-state index contributed by atoms with van der Waals surface area (Å²) in [6.07, 6.45) is 3.98. The van der Waals surface area contributed by atoms with Gasteiger partial charge in [0.2, 0.25) is 5.91 Å². The second kappa shape index (κ2) is 9.94. The maximum Gasteiger partial charge on any atom is 0.235 e. The quantitative estimate of drug-likeness (QED) is 0.519. The molecule has 1 amide bonds. The molecule has 1 heterocycles. The molecule has 1 aliphatic rings. The normalized spacial score (nSPS) is 14.3. The number of amides is 1. The molecule has 1 aliphatic carbocycles. The van der Waals surface area contributed by atoms with Crippen LogP contribution in [0.25, 0.3) is 0 Å². The topological polar surface area (TPSA) is 63.7 Å². The lowest BCUT2D eigenvalue weighted by atomic mass is 10.1. The van der Waals surface area contributed by atoms with Gasteiger partial charge in [-0.25, -0.2) is 4.98 Å². The lowest BCUT2D eigenvalue weighted by Gasteiger charge is -2.24. The Morgan fingerprint density at radius 1 is 1.19 bits per heavy atom. The van der Waals surface area contributed by atoms with Crippen molar-refractivity contribution in [2.45, 2.75) is 31.5 Å². The predicted molar refractivity (Wildman–Crippen MR) is 122 cm³/mol. The fourth-order valence-electron chi connectivity index (χ4n) is 3.68. The Bertz CT molecular complexity index is 991. The molecule has 1 aromatic heterocycles. The highest BCUT2D eigenvalue weighted by Gasteiger charge is 2.32. The highest BCUT2D eigenvalue weighted by Crippen LogP contribution is 2.32. The van der Waals surface area contributed by atoms with Crippen LogP contribution in [0.2, 0.25) is 0 Å². The van der Waals surface area contributed by atoms with Gasteiger partial charge < -0.3 is 14.8 Å². The molecule has 2 aromatic carbocycles. The first-order valence-corrected chi connectivity index (χ1v) is 11.2. The van der Waals surface area contributed by atoms with E-state index in [-0.39, 0.29) is 11.9 Å². The molecule has 0 radical (unpaired) electrons. The van der Waals surface area contributed by atoms with E-state index in [9.17, 15) is 4.79 Å². The molecule has 0 bridgehead atoms. The van der Waals surface area contributed by atoms with Crippen LogP contribution in [0.3, 0.4) is 0 Å². The number of thiazole rings is 1. The van der Waals surface area contributed by atoms with Crippen LogP contribution < -0.4 is 14.8 Å². The van der Waals surface area contributed by atoms with E-state index < -0.39 is 0 Å². The summed E-state index contributed by atoms with van der Waals surface area (Å²) in [5.74, 6) is 1.57. The SMILES string of the molecule is COc1ccc(OC)c(CN(CC(=O)NC(c2ccccc2)c2nccs2)C2CC2)c1. The molecule has 31 heavy (non-hydrogen) atoms. The molecular formula is C24H27N3O3S. The number of nitrogens with one attached hydrogen (secondary N) is 1. The molecule has 1 saturated carbocycles. The largest absolute Gasteiger partial charge is 0.497 e. The minimum atomic E-state index is -0.249. The second-order valence-electron chi connectivity index (χ2n) is 7.60. The van der Waals surface area contributed by atoms with E-state index >= 15 is 0 Å². The lowest BCUT2D eigenvalue weighted by Crippen LogP contribution is -2.40. The van der Waals surface area contributed by atoms with Gasteiger partial charge in [-0.05, 0) is 36.6 Å². The van der Waals surface area contributed by atoms with Crippen LogP contribution in [-0.2, 0) is 11.3 Å². The number of methoxy groups -OCH3 is 2. The Morgan fingerprint density at radius 2 is 2.00 bits per heavy atom. The van der Waals surface area contributed by atoms with Crippen molar-refractivity contribution >= 4 is 17.2 Å². The molecule has 6 nitrogen and oxygen atoms in total. The zero-order valence-electron chi connectivity index (χ0n) is 17.8. The first-order chi connectivity index (χ1) is 15.2. The van der Waals surface area contributed by atoms with E-state index in [1.807, 2.05) is 53.9 Å². The zero-order valence-corrected chi connectivity index (χ0v) is 18.6. The molecule has 4 rings (SSSR count). The van der Waals surface area contributed by atoms with E-state index in [1.165, 1.54) is 0 Å². The molecule has 162 valence electrons. The predicted octanol–water partition coefficient (Wildman–Crippen LogP) is 4.03. The van der Waals surface area contributed by atoms with Crippen molar-refractivity contribution < 1.29 is 14.3 Å². The monoisotopic (exact) mass is 437 g/mol.